The average Bonchev–Trinajstić information content (AvgIpc) is 3.22. The number of carbonyl (C=O) groups excluding carboxylic acids is 3. The van der Waals surface area contributed by atoms with Gasteiger partial charge in [-0.1, -0.05) is 172 Å². The van der Waals surface area contributed by atoms with Crippen molar-refractivity contribution < 1.29 is 34.1 Å². The minimum absolute atomic E-state index is 0.117. The molecule has 0 aromatic heterocycles. The highest BCUT2D eigenvalue weighted by molar-refractivity contribution is 5.87. The summed E-state index contributed by atoms with van der Waals surface area (Å²) in [6.07, 6.45) is 53.0. The predicted octanol–water partition coefficient (Wildman–Crippen LogP) is 12.3. The third kappa shape index (κ3) is 41.3. The number of aliphatic carboxylic acids is 1. The van der Waals surface area contributed by atoms with E-state index in [0.29, 0.717) is 12.8 Å². The zero-order valence-corrected chi connectivity index (χ0v) is 37.8. The molecule has 0 saturated heterocycles. The van der Waals surface area contributed by atoms with E-state index in [4.69, 9.17) is 14.9 Å². The van der Waals surface area contributed by atoms with Gasteiger partial charge in [0, 0.05) is 12.8 Å². The second-order valence-corrected chi connectivity index (χ2v) is 16.2. The minimum atomic E-state index is -1.39. The first-order chi connectivity index (χ1) is 28.8. The molecule has 2 atom stereocenters. The number of ether oxygens (including phenoxy) is 1. The van der Waals surface area contributed by atoms with Crippen LogP contribution in [-0.2, 0) is 23.9 Å². The summed E-state index contributed by atoms with van der Waals surface area (Å²) in [6, 6.07) is -1.39. The van der Waals surface area contributed by atoms with Crippen LogP contribution in [0, 0.1) is 0 Å². The van der Waals surface area contributed by atoms with Gasteiger partial charge < -0.3 is 25.6 Å². The summed E-state index contributed by atoms with van der Waals surface area (Å²) in [7, 11) is 0. The molecule has 0 aliphatic carbocycles. The van der Waals surface area contributed by atoms with E-state index in [-0.39, 0.29) is 30.9 Å². The number of aliphatic hydroxyl groups is 1. The van der Waals surface area contributed by atoms with Crippen LogP contribution < -0.4 is 10.6 Å². The fourth-order valence-electron chi connectivity index (χ4n) is 6.81. The Balaban J connectivity index is 4.20. The standard InChI is InChI=1S/C50H88N2O7/c1-3-5-7-9-11-13-14-15-16-17-18-19-20-21-22-23-24-25-26-28-30-32-38-42-49(56)59-45(39-35-31-29-27-12-10-8-6-4-2)40-36-33-34-37-41-47(54)51-43-48(55)52-46(44-53)50(57)58/h14-15,17-18,20-21,35,39,45-46,53H,3-13,16,19,22-34,36-38,40-44H2,1-2H3,(H,51,54)(H,52,55)(H,57,58)/b15-14-,18-17-,21-20-,39-35-. The molecule has 9 nitrogen and oxygen atoms in total. The topological polar surface area (TPSA) is 142 Å². The monoisotopic (exact) mass is 829 g/mol. The van der Waals surface area contributed by atoms with Crippen LogP contribution in [0.5, 0.6) is 0 Å². The first-order valence-electron chi connectivity index (χ1n) is 24.0. The van der Waals surface area contributed by atoms with Gasteiger partial charge in [-0.3, -0.25) is 14.4 Å². The molecule has 0 heterocycles. The summed E-state index contributed by atoms with van der Waals surface area (Å²) in [6.45, 7) is 3.44. The average molecular weight is 829 g/mol. The maximum atomic E-state index is 12.8. The van der Waals surface area contributed by atoms with Crippen LogP contribution in [0.1, 0.15) is 219 Å². The van der Waals surface area contributed by atoms with Gasteiger partial charge in [0.05, 0.1) is 13.2 Å². The number of hydrogen-bond acceptors (Lipinski definition) is 6. The molecular formula is C50H88N2O7. The number of rotatable bonds is 43. The molecule has 0 saturated carbocycles. The van der Waals surface area contributed by atoms with Crippen molar-refractivity contribution in [3.05, 3.63) is 48.6 Å². The number of nitrogens with one attached hydrogen (secondary N) is 2. The Morgan fingerprint density at radius 2 is 0.966 bits per heavy atom. The fraction of sp³-hybridized carbons (Fsp3) is 0.760. The van der Waals surface area contributed by atoms with E-state index in [2.05, 4.69) is 73.1 Å². The van der Waals surface area contributed by atoms with Crippen LogP contribution >= 0.6 is 0 Å². The van der Waals surface area contributed by atoms with Crippen LogP contribution in [0.25, 0.3) is 0 Å². The second kappa shape index (κ2) is 44.4. The lowest BCUT2D eigenvalue weighted by Gasteiger charge is -2.15. The van der Waals surface area contributed by atoms with E-state index >= 15 is 0 Å². The van der Waals surface area contributed by atoms with E-state index < -0.39 is 24.5 Å². The van der Waals surface area contributed by atoms with E-state index in [1.165, 1.54) is 109 Å². The van der Waals surface area contributed by atoms with E-state index in [1.807, 2.05) is 0 Å². The number of carboxylic acids is 1. The quantitative estimate of drug-likeness (QED) is 0.0272. The molecule has 0 aliphatic rings. The summed E-state index contributed by atoms with van der Waals surface area (Å²) in [5.41, 5.74) is 0. The second-order valence-electron chi connectivity index (χ2n) is 16.2. The third-order valence-electron chi connectivity index (χ3n) is 10.5. The molecule has 340 valence electrons. The molecule has 0 spiro atoms. The smallest absolute Gasteiger partial charge is 0.328 e. The van der Waals surface area contributed by atoms with Crippen LogP contribution in [0.15, 0.2) is 48.6 Å². The predicted molar refractivity (Wildman–Crippen MR) is 245 cm³/mol. The highest BCUT2D eigenvalue weighted by Crippen LogP contribution is 2.16. The van der Waals surface area contributed by atoms with Gasteiger partial charge in [-0.2, -0.15) is 0 Å². The lowest BCUT2D eigenvalue weighted by atomic mass is 10.1. The summed E-state index contributed by atoms with van der Waals surface area (Å²) in [4.78, 5) is 47.7. The molecule has 59 heavy (non-hydrogen) atoms. The number of hydrogen-bond donors (Lipinski definition) is 4. The number of aliphatic hydroxyl groups excluding tert-OH is 1. The Labute approximate surface area is 360 Å². The normalized spacial score (nSPS) is 12.9. The molecule has 0 rings (SSSR count). The van der Waals surface area contributed by atoms with E-state index in [9.17, 15) is 19.2 Å². The number of allylic oxidation sites excluding steroid dienone is 7. The molecule has 0 bridgehead atoms. The fourth-order valence-corrected chi connectivity index (χ4v) is 6.81. The summed E-state index contributed by atoms with van der Waals surface area (Å²) < 4.78 is 5.93. The van der Waals surface area contributed by atoms with Gasteiger partial charge in [0.2, 0.25) is 11.8 Å². The Kier molecular flexibility index (Phi) is 41.9. The molecule has 0 radical (unpaired) electrons. The Morgan fingerprint density at radius 1 is 0.525 bits per heavy atom. The van der Waals surface area contributed by atoms with Crippen LogP contribution in [-0.4, -0.2) is 59.3 Å². The third-order valence-corrected chi connectivity index (χ3v) is 10.5. The Morgan fingerprint density at radius 3 is 1.47 bits per heavy atom. The van der Waals surface area contributed by atoms with Gasteiger partial charge >= 0.3 is 11.9 Å². The van der Waals surface area contributed by atoms with Gasteiger partial charge in [-0.05, 0) is 83.1 Å². The molecule has 0 aliphatic heterocycles. The van der Waals surface area contributed by atoms with E-state index in [1.54, 1.807) is 0 Å². The minimum Gasteiger partial charge on any atom is -0.480 e. The van der Waals surface area contributed by atoms with Gasteiger partial charge in [-0.15, -0.1) is 0 Å². The Hall–Kier alpha value is -3.20. The summed E-state index contributed by atoms with van der Waals surface area (Å²) in [5, 5.41) is 22.6. The van der Waals surface area contributed by atoms with E-state index in [0.717, 1.165) is 77.0 Å². The highest BCUT2D eigenvalue weighted by atomic mass is 16.5. The molecule has 2 amide bonds. The number of esters is 1. The van der Waals surface area contributed by atoms with Crippen molar-refractivity contribution in [3.8, 4) is 0 Å². The molecule has 4 N–H and O–H groups in total. The lowest BCUT2D eigenvalue weighted by molar-refractivity contribution is -0.147. The molecule has 9 heteroatoms. The van der Waals surface area contributed by atoms with Gasteiger partial charge in [0.25, 0.3) is 0 Å². The van der Waals surface area contributed by atoms with Crippen molar-refractivity contribution in [2.45, 2.75) is 231 Å². The molecule has 0 aromatic carbocycles. The van der Waals surface area contributed by atoms with Crippen molar-refractivity contribution >= 4 is 23.8 Å². The molecule has 0 aromatic rings. The Bertz CT molecular complexity index is 1130. The van der Waals surface area contributed by atoms with Crippen molar-refractivity contribution in [1.29, 1.82) is 0 Å². The van der Waals surface area contributed by atoms with Crippen molar-refractivity contribution in [2.75, 3.05) is 13.2 Å². The zero-order valence-electron chi connectivity index (χ0n) is 37.8. The molecular weight excluding hydrogens is 741 g/mol. The maximum Gasteiger partial charge on any atom is 0.328 e. The van der Waals surface area contributed by atoms with Gasteiger partial charge in [0.1, 0.15) is 12.1 Å². The van der Waals surface area contributed by atoms with Crippen molar-refractivity contribution in [1.82, 2.24) is 10.6 Å². The van der Waals surface area contributed by atoms with Gasteiger partial charge in [0.15, 0.2) is 0 Å². The summed E-state index contributed by atoms with van der Waals surface area (Å²) in [5.74, 6) is -2.40. The first-order valence-corrected chi connectivity index (χ1v) is 24.0. The zero-order chi connectivity index (χ0) is 43.3. The van der Waals surface area contributed by atoms with Crippen molar-refractivity contribution in [3.63, 3.8) is 0 Å². The maximum absolute atomic E-state index is 12.8. The number of carboxylic acid groups (broad SMARTS) is 1. The molecule has 0 fully saturated rings. The SMILES string of the molecule is CCCCCCC/C=C\C/C=C\C/C=C\CCCCCCCCCCC(=O)OC(/C=C\CCCCCCCCC)CCCCCCC(=O)NCC(=O)NC(CO)C(=O)O. The summed E-state index contributed by atoms with van der Waals surface area (Å²) >= 11 is 0. The first kappa shape index (κ1) is 55.8. The number of carbonyl (C=O) groups is 4. The lowest BCUT2D eigenvalue weighted by Crippen LogP contribution is -2.47. The molecule has 2 unspecified atom stereocenters. The van der Waals surface area contributed by atoms with Crippen molar-refractivity contribution in [2.24, 2.45) is 0 Å². The van der Waals surface area contributed by atoms with Crippen LogP contribution in [0.2, 0.25) is 0 Å². The largest absolute Gasteiger partial charge is 0.480 e. The number of amides is 2. The van der Waals surface area contributed by atoms with Crippen LogP contribution in [0.4, 0.5) is 0 Å². The number of unbranched alkanes of at least 4 members (excludes halogenated alkanes) is 23. The van der Waals surface area contributed by atoms with Gasteiger partial charge in [-0.25, -0.2) is 4.79 Å². The van der Waals surface area contributed by atoms with Crippen LogP contribution in [0.3, 0.4) is 0 Å². The highest BCUT2D eigenvalue weighted by Gasteiger charge is 2.18.